The summed E-state index contributed by atoms with van der Waals surface area (Å²) in [5.74, 6) is -0.806. The highest BCUT2D eigenvalue weighted by Crippen LogP contribution is 2.35. The van der Waals surface area contributed by atoms with Gasteiger partial charge in [-0.05, 0) is 50.3 Å². The second-order valence-electron chi connectivity index (χ2n) is 7.11. The van der Waals surface area contributed by atoms with Gasteiger partial charge in [0, 0.05) is 23.5 Å². The number of carbonyl (C=O) groups is 2. The zero-order chi connectivity index (χ0) is 18.1. The number of hydrogen-bond acceptors (Lipinski definition) is 5. The minimum atomic E-state index is -0.683. The van der Waals surface area contributed by atoms with E-state index in [2.05, 4.69) is 13.2 Å². The van der Waals surface area contributed by atoms with Crippen LogP contribution in [-0.4, -0.2) is 35.4 Å². The lowest BCUT2D eigenvalue weighted by molar-refractivity contribution is -0.139. The van der Waals surface area contributed by atoms with Crippen LogP contribution < -0.4 is 0 Å². The molecule has 0 saturated carbocycles. The summed E-state index contributed by atoms with van der Waals surface area (Å²) in [5.41, 5.74) is 2.79. The van der Waals surface area contributed by atoms with Gasteiger partial charge in [-0.1, -0.05) is 18.7 Å². The Morgan fingerprint density at radius 3 is 2.60 bits per heavy atom. The first-order chi connectivity index (χ1) is 11.8. The molecule has 4 unspecified atom stereocenters. The van der Waals surface area contributed by atoms with E-state index in [1.165, 1.54) is 0 Å². The van der Waals surface area contributed by atoms with Crippen LogP contribution in [0.3, 0.4) is 0 Å². The molecule has 2 aliphatic heterocycles. The van der Waals surface area contributed by atoms with Crippen LogP contribution in [0.1, 0.15) is 39.0 Å². The third-order valence-electron chi connectivity index (χ3n) is 5.16. The maximum absolute atomic E-state index is 12.0. The molecule has 2 bridgehead atoms. The molecule has 134 valence electrons. The van der Waals surface area contributed by atoms with Crippen LogP contribution in [0, 0.1) is 5.92 Å². The number of fused-ring (bicyclic) bond motifs is 2. The fraction of sp³-hybridized carbons (Fsp3) is 0.500. The smallest absolute Gasteiger partial charge is 0.334 e. The highest BCUT2D eigenvalue weighted by atomic mass is 16.6. The van der Waals surface area contributed by atoms with Gasteiger partial charge in [0.1, 0.15) is 12.2 Å². The average Bonchev–Trinajstić information content (AvgIpc) is 3.02. The maximum atomic E-state index is 12.0. The number of rotatable bonds is 0. The lowest BCUT2D eigenvalue weighted by Gasteiger charge is -2.19. The Morgan fingerprint density at radius 2 is 1.84 bits per heavy atom. The number of aliphatic hydroxyl groups is 1. The van der Waals surface area contributed by atoms with E-state index in [0.717, 1.165) is 5.57 Å². The van der Waals surface area contributed by atoms with Crippen LogP contribution in [0.25, 0.3) is 0 Å². The van der Waals surface area contributed by atoms with Crippen LogP contribution in [0.2, 0.25) is 0 Å². The summed E-state index contributed by atoms with van der Waals surface area (Å²) in [6.45, 7) is 9.77. The predicted molar refractivity (Wildman–Crippen MR) is 92.5 cm³/mol. The van der Waals surface area contributed by atoms with E-state index in [9.17, 15) is 14.7 Å². The van der Waals surface area contributed by atoms with Gasteiger partial charge in [-0.15, -0.1) is 0 Å². The molecule has 0 aromatic heterocycles. The first-order valence-corrected chi connectivity index (χ1v) is 8.69. The van der Waals surface area contributed by atoms with Gasteiger partial charge < -0.3 is 14.6 Å². The lowest BCUT2D eigenvalue weighted by Crippen LogP contribution is -2.17. The summed E-state index contributed by atoms with van der Waals surface area (Å²) >= 11 is 0. The average molecular weight is 344 g/mol. The van der Waals surface area contributed by atoms with Crippen molar-refractivity contribution in [2.45, 2.75) is 57.3 Å². The number of carbonyl (C=O) groups excluding carboxylic acids is 2. The SMILES string of the molecule is C=C1CCC2C(=C)C(=O)OC2C=C(C)CC2C=C(CCC1O)C(=O)O2. The van der Waals surface area contributed by atoms with E-state index in [1.54, 1.807) is 0 Å². The molecule has 5 heteroatoms. The topological polar surface area (TPSA) is 72.8 Å². The summed E-state index contributed by atoms with van der Waals surface area (Å²) in [6.07, 6.45) is 5.10. The van der Waals surface area contributed by atoms with Crippen LogP contribution >= 0.6 is 0 Å². The summed E-state index contributed by atoms with van der Waals surface area (Å²) < 4.78 is 10.8. The molecule has 25 heavy (non-hydrogen) atoms. The van der Waals surface area contributed by atoms with Crippen molar-refractivity contribution < 1.29 is 24.2 Å². The Kier molecular flexibility index (Phi) is 4.95. The number of hydrogen-bond donors (Lipinski definition) is 1. The fourth-order valence-corrected chi connectivity index (χ4v) is 3.62. The standard InChI is InChI=1S/C20H24O5/c1-11-8-15-10-14(20(23)24-15)5-7-17(21)12(2)4-6-16-13(3)19(22)25-18(16)9-11/h9-10,15-18,21H,2-8H2,1H3. The molecule has 1 fully saturated rings. The molecule has 1 N–H and O–H groups in total. The Morgan fingerprint density at radius 1 is 1.08 bits per heavy atom. The maximum Gasteiger partial charge on any atom is 0.334 e. The highest BCUT2D eigenvalue weighted by molar-refractivity contribution is 5.91. The molecule has 4 atom stereocenters. The zero-order valence-corrected chi connectivity index (χ0v) is 14.5. The summed E-state index contributed by atoms with van der Waals surface area (Å²) in [4.78, 5) is 23.9. The van der Waals surface area contributed by atoms with Crippen molar-refractivity contribution in [1.82, 2.24) is 0 Å². The van der Waals surface area contributed by atoms with Crippen LogP contribution in [0.4, 0.5) is 0 Å². The monoisotopic (exact) mass is 344 g/mol. The first kappa shape index (κ1) is 17.7. The van der Waals surface area contributed by atoms with E-state index < -0.39 is 6.10 Å². The van der Waals surface area contributed by atoms with Gasteiger partial charge in [-0.2, -0.15) is 0 Å². The third-order valence-corrected chi connectivity index (χ3v) is 5.16. The lowest BCUT2D eigenvalue weighted by atomic mass is 9.87. The van der Waals surface area contributed by atoms with Crippen molar-refractivity contribution in [3.8, 4) is 0 Å². The second-order valence-corrected chi connectivity index (χ2v) is 7.11. The molecule has 0 aromatic rings. The van der Waals surface area contributed by atoms with Crippen LogP contribution in [-0.2, 0) is 19.1 Å². The number of aliphatic hydroxyl groups excluding tert-OH is 1. The predicted octanol–water partition coefficient (Wildman–Crippen LogP) is 2.76. The molecule has 0 aromatic carbocycles. The normalized spacial score (nSPS) is 33.8. The summed E-state index contributed by atoms with van der Waals surface area (Å²) in [6, 6.07) is 0. The fourth-order valence-electron chi connectivity index (χ4n) is 3.62. The zero-order valence-electron chi connectivity index (χ0n) is 14.5. The molecular weight excluding hydrogens is 320 g/mol. The van der Waals surface area contributed by atoms with Crippen molar-refractivity contribution in [2.75, 3.05) is 0 Å². The molecule has 0 radical (unpaired) electrons. The molecular formula is C20H24O5. The van der Waals surface area contributed by atoms with Crippen molar-refractivity contribution in [3.05, 3.63) is 47.6 Å². The van der Waals surface area contributed by atoms with Gasteiger partial charge in [0.2, 0.25) is 0 Å². The molecule has 1 saturated heterocycles. The van der Waals surface area contributed by atoms with Gasteiger partial charge in [-0.25, -0.2) is 9.59 Å². The van der Waals surface area contributed by atoms with Gasteiger partial charge in [-0.3, -0.25) is 0 Å². The van der Waals surface area contributed by atoms with E-state index >= 15 is 0 Å². The summed E-state index contributed by atoms with van der Waals surface area (Å²) in [5, 5.41) is 10.3. The number of esters is 2. The summed E-state index contributed by atoms with van der Waals surface area (Å²) in [7, 11) is 0. The first-order valence-electron chi connectivity index (χ1n) is 8.69. The molecule has 0 spiro atoms. The van der Waals surface area contributed by atoms with Crippen LogP contribution in [0.15, 0.2) is 47.6 Å². The van der Waals surface area contributed by atoms with Crippen molar-refractivity contribution in [2.24, 2.45) is 5.92 Å². The molecule has 3 aliphatic rings. The molecule has 5 nitrogen and oxygen atoms in total. The van der Waals surface area contributed by atoms with E-state index in [-0.39, 0.29) is 30.1 Å². The molecule has 2 heterocycles. The highest BCUT2D eigenvalue weighted by Gasteiger charge is 2.37. The quantitative estimate of drug-likeness (QED) is 0.416. The molecule has 0 amide bonds. The van der Waals surface area contributed by atoms with Crippen molar-refractivity contribution >= 4 is 11.9 Å². The Bertz CT molecular complexity index is 684. The van der Waals surface area contributed by atoms with E-state index in [4.69, 9.17) is 9.47 Å². The van der Waals surface area contributed by atoms with Crippen LogP contribution in [0.5, 0.6) is 0 Å². The molecule has 3 rings (SSSR count). The van der Waals surface area contributed by atoms with E-state index in [1.807, 2.05) is 19.1 Å². The van der Waals surface area contributed by atoms with Gasteiger partial charge in [0.05, 0.1) is 6.10 Å². The number of ether oxygens (including phenoxy) is 2. The second kappa shape index (κ2) is 7.00. The van der Waals surface area contributed by atoms with Crippen molar-refractivity contribution in [1.29, 1.82) is 0 Å². The van der Waals surface area contributed by atoms with Gasteiger partial charge >= 0.3 is 11.9 Å². The Balaban J connectivity index is 1.86. The Hall–Kier alpha value is -2.14. The van der Waals surface area contributed by atoms with Gasteiger partial charge in [0.15, 0.2) is 0 Å². The third kappa shape index (κ3) is 3.76. The largest absolute Gasteiger partial charge is 0.454 e. The Labute approximate surface area is 147 Å². The van der Waals surface area contributed by atoms with Crippen molar-refractivity contribution in [3.63, 3.8) is 0 Å². The molecule has 1 aliphatic carbocycles. The minimum Gasteiger partial charge on any atom is -0.454 e. The van der Waals surface area contributed by atoms with E-state index in [0.29, 0.717) is 48.8 Å². The van der Waals surface area contributed by atoms with Gasteiger partial charge in [0.25, 0.3) is 0 Å². The minimum absolute atomic E-state index is 0.119.